The van der Waals surface area contributed by atoms with Crippen molar-refractivity contribution in [2.45, 2.75) is 17.9 Å². The largest absolute Gasteiger partial charge is 0.352 e. The third-order valence-electron chi connectivity index (χ3n) is 1.88. The van der Waals surface area contributed by atoms with Crippen LogP contribution in [0.25, 0.3) is 0 Å². The van der Waals surface area contributed by atoms with Crippen molar-refractivity contribution in [3.63, 3.8) is 0 Å². The summed E-state index contributed by atoms with van der Waals surface area (Å²) in [7, 11) is -3.07. The first-order valence-corrected chi connectivity index (χ1v) is 5.93. The van der Waals surface area contributed by atoms with Crippen molar-refractivity contribution < 1.29 is 14.2 Å². The van der Waals surface area contributed by atoms with Gasteiger partial charge in [0.15, 0.2) is 9.84 Å². The summed E-state index contributed by atoms with van der Waals surface area (Å²) in [6.45, 7) is 1.97. The van der Waals surface area contributed by atoms with E-state index in [2.05, 4.69) is 5.73 Å². The minimum absolute atomic E-state index is 0.189. The fraction of sp³-hybridized carbons (Fsp3) is 0.333. The van der Waals surface area contributed by atoms with Crippen LogP contribution >= 0.6 is 0 Å². The summed E-state index contributed by atoms with van der Waals surface area (Å²) in [5, 5.41) is 0. The predicted molar refractivity (Wildman–Crippen MR) is 50.9 cm³/mol. The second-order valence-corrected chi connectivity index (χ2v) is 5.26. The van der Waals surface area contributed by atoms with Crippen molar-refractivity contribution in [1.82, 2.24) is 0 Å². The lowest BCUT2D eigenvalue weighted by Crippen LogP contribution is -2.51. The van der Waals surface area contributed by atoms with Crippen LogP contribution in [0, 0.1) is 0 Å². The molecular formula is C9H14NO2S+. The van der Waals surface area contributed by atoms with Crippen LogP contribution in [0.2, 0.25) is 0 Å². The van der Waals surface area contributed by atoms with E-state index < -0.39 is 9.84 Å². The summed E-state index contributed by atoms with van der Waals surface area (Å²) < 4.78 is 22.2. The molecule has 13 heavy (non-hydrogen) atoms. The van der Waals surface area contributed by atoms with E-state index in [4.69, 9.17) is 0 Å². The van der Waals surface area contributed by atoms with E-state index in [0.29, 0.717) is 4.90 Å². The SMILES string of the molecule is C[C@@H]([NH3+])c1ccc(S(C)(=O)=O)cc1. The van der Waals surface area contributed by atoms with E-state index in [1.54, 1.807) is 24.3 Å². The van der Waals surface area contributed by atoms with Crippen LogP contribution < -0.4 is 5.73 Å². The standard InChI is InChI=1S/C9H13NO2S/c1-7(10)8-3-5-9(6-4-8)13(2,11)12/h3-7H,10H2,1-2H3/p+1/t7-/m1/s1. The fourth-order valence-electron chi connectivity index (χ4n) is 1.04. The summed E-state index contributed by atoms with van der Waals surface area (Å²) in [6.07, 6.45) is 1.20. The Hall–Kier alpha value is -0.870. The monoisotopic (exact) mass is 200 g/mol. The van der Waals surface area contributed by atoms with Gasteiger partial charge in [0.2, 0.25) is 0 Å². The lowest BCUT2D eigenvalue weighted by Gasteiger charge is -2.03. The molecule has 0 amide bonds. The molecule has 0 fully saturated rings. The molecule has 0 saturated heterocycles. The summed E-state index contributed by atoms with van der Waals surface area (Å²) in [5.41, 5.74) is 4.90. The minimum atomic E-state index is -3.07. The third kappa shape index (κ3) is 2.54. The van der Waals surface area contributed by atoms with Crippen LogP contribution in [0.3, 0.4) is 0 Å². The van der Waals surface area contributed by atoms with Gasteiger partial charge in [0, 0.05) is 11.8 Å². The molecule has 72 valence electrons. The zero-order valence-electron chi connectivity index (χ0n) is 7.82. The van der Waals surface area contributed by atoms with Crippen LogP contribution in [-0.2, 0) is 9.84 Å². The summed E-state index contributed by atoms with van der Waals surface area (Å²) in [5.74, 6) is 0. The normalized spacial score (nSPS) is 14.1. The van der Waals surface area contributed by atoms with E-state index in [-0.39, 0.29) is 6.04 Å². The van der Waals surface area contributed by atoms with Crippen LogP contribution in [0.1, 0.15) is 18.5 Å². The molecule has 1 aromatic rings. The molecule has 3 N–H and O–H groups in total. The maximum Gasteiger partial charge on any atom is 0.175 e. The Labute approximate surface area is 78.5 Å². The van der Waals surface area contributed by atoms with Gasteiger partial charge >= 0.3 is 0 Å². The summed E-state index contributed by atoms with van der Waals surface area (Å²) >= 11 is 0. The Morgan fingerprint density at radius 3 is 2.00 bits per heavy atom. The van der Waals surface area contributed by atoms with Gasteiger partial charge < -0.3 is 5.73 Å². The van der Waals surface area contributed by atoms with Crippen molar-refractivity contribution >= 4 is 9.84 Å². The summed E-state index contributed by atoms with van der Waals surface area (Å²) in [4.78, 5) is 0.358. The number of benzene rings is 1. The van der Waals surface area contributed by atoms with Crippen LogP contribution in [0.4, 0.5) is 0 Å². The highest BCUT2D eigenvalue weighted by molar-refractivity contribution is 7.90. The Balaban J connectivity index is 3.08. The molecule has 0 bridgehead atoms. The molecular weight excluding hydrogens is 186 g/mol. The first-order chi connectivity index (χ1) is 5.91. The molecule has 1 aromatic carbocycles. The van der Waals surface area contributed by atoms with E-state index in [0.717, 1.165) is 5.56 Å². The molecule has 0 heterocycles. The van der Waals surface area contributed by atoms with E-state index in [1.165, 1.54) is 6.26 Å². The lowest BCUT2D eigenvalue weighted by atomic mass is 10.1. The Bertz CT molecular complexity index is 379. The summed E-state index contributed by atoms with van der Waals surface area (Å²) in [6, 6.07) is 7.02. The minimum Gasteiger partial charge on any atom is -0.352 e. The third-order valence-corrected chi connectivity index (χ3v) is 3.01. The topological polar surface area (TPSA) is 61.8 Å². The Kier molecular flexibility index (Phi) is 2.73. The Morgan fingerprint density at radius 1 is 1.23 bits per heavy atom. The van der Waals surface area contributed by atoms with Gasteiger partial charge in [-0.05, 0) is 19.1 Å². The molecule has 0 aliphatic rings. The molecule has 0 radical (unpaired) electrons. The number of sulfone groups is 1. The van der Waals surface area contributed by atoms with Gasteiger partial charge in [0.1, 0.15) is 6.04 Å². The Morgan fingerprint density at radius 2 is 1.69 bits per heavy atom. The lowest BCUT2D eigenvalue weighted by molar-refractivity contribution is -0.420. The van der Waals surface area contributed by atoms with Crippen molar-refractivity contribution in [2.24, 2.45) is 0 Å². The maximum absolute atomic E-state index is 11.1. The highest BCUT2D eigenvalue weighted by Crippen LogP contribution is 2.13. The smallest absolute Gasteiger partial charge is 0.175 e. The molecule has 1 rings (SSSR count). The quantitative estimate of drug-likeness (QED) is 0.750. The number of hydrogen-bond acceptors (Lipinski definition) is 2. The molecule has 0 saturated carbocycles. The zero-order chi connectivity index (χ0) is 10.1. The van der Waals surface area contributed by atoms with Gasteiger partial charge in [0.05, 0.1) is 4.90 Å². The van der Waals surface area contributed by atoms with Gasteiger partial charge in [-0.1, -0.05) is 12.1 Å². The molecule has 0 aromatic heterocycles. The van der Waals surface area contributed by atoms with Crippen LogP contribution in [-0.4, -0.2) is 14.7 Å². The molecule has 0 aliphatic carbocycles. The van der Waals surface area contributed by atoms with Crippen molar-refractivity contribution in [3.05, 3.63) is 29.8 Å². The van der Waals surface area contributed by atoms with Crippen molar-refractivity contribution in [3.8, 4) is 0 Å². The molecule has 0 spiro atoms. The predicted octanol–water partition coefficient (Wildman–Crippen LogP) is 0.393. The van der Waals surface area contributed by atoms with E-state index >= 15 is 0 Å². The van der Waals surface area contributed by atoms with E-state index in [9.17, 15) is 8.42 Å². The van der Waals surface area contributed by atoms with Crippen molar-refractivity contribution in [2.75, 3.05) is 6.26 Å². The molecule has 1 atom stereocenters. The van der Waals surface area contributed by atoms with Crippen LogP contribution in [0.5, 0.6) is 0 Å². The first-order valence-electron chi connectivity index (χ1n) is 4.04. The number of rotatable bonds is 2. The molecule has 4 heteroatoms. The van der Waals surface area contributed by atoms with Crippen molar-refractivity contribution in [1.29, 1.82) is 0 Å². The number of hydrogen-bond donors (Lipinski definition) is 1. The first kappa shape index (κ1) is 10.2. The average molecular weight is 200 g/mol. The number of quaternary nitrogens is 1. The maximum atomic E-state index is 11.1. The van der Waals surface area contributed by atoms with Gasteiger partial charge in [-0.2, -0.15) is 0 Å². The highest BCUT2D eigenvalue weighted by atomic mass is 32.2. The van der Waals surface area contributed by atoms with Gasteiger partial charge in [-0.15, -0.1) is 0 Å². The molecule has 0 unspecified atom stereocenters. The second-order valence-electron chi connectivity index (χ2n) is 3.24. The zero-order valence-corrected chi connectivity index (χ0v) is 8.64. The molecule has 0 aliphatic heterocycles. The fourth-order valence-corrected chi connectivity index (χ4v) is 1.67. The van der Waals surface area contributed by atoms with Gasteiger partial charge in [-0.3, -0.25) is 0 Å². The van der Waals surface area contributed by atoms with E-state index in [1.807, 2.05) is 6.92 Å². The van der Waals surface area contributed by atoms with Gasteiger partial charge in [-0.25, -0.2) is 8.42 Å². The highest BCUT2D eigenvalue weighted by Gasteiger charge is 2.07. The second kappa shape index (κ2) is 3.47. The van der Waals surface area contributed by atoms with Gasteiger partial charge in [0.25, 0.3) is 0 Å². The van der Waals surface area contributed by atoms with Crippen LogP contribution in [0.15, 0.2) is 29.2 Å². The molecule has 3 nitrogen and oxygen atoms in total. The average Bonchev–Trinajstić information content (AvgIpc) is 2.03.